The van der Waals surface area contributed by atoms with Gasteiger partial charge in [0.05, 0.1) is 11.4 Å². The highest BCUT2D eigenvalue weighted by molar-refractivity contribution is 7.89. The van der Waals surface area contributed by atoms with E-state index in [2.05, 4.69) is 21.3 Å². The highest BCUT2D eigenvalue weighted by Crippen LogP contribution is 2.23. The first-order valence-electron chi connectivity index (χ1n) is 8.14. The molecule has 10 heteroatoms. The van der Waals surface area contributed by atoms with Crippen molar-refractivity contribution in [3.63, 3.8) is 0 Å². The highest BCUT2D eigenvalue weighted by atomic mass is 32.2. The van der Waals surface area contributed by atoms with E-state index in [1.807, 2.05) is 0 Å². The molecule has 2 rings (SSSR count). The van der Waals surface area contributed by atoms with Gasteiger partial charge in [0.15, 0.2) is 0 Å². The molecule has 0 aliphatic carbocycles. The molecule has 2 aromatic carbocycles. The first kappa shape index (κ1) is 22.3. The third kappa shape index (κ3) is 6.81. The van der Waals surface area contributed by atoms with Gasteiger partial charge < -0.3 is 9.64 Å². The molecule has 1 N–H and O–H groups in total. The number of hydrogen-bond acceptors (Lipinski definition) is 4. The van der Waals surface area contributed by atoms with E-state index in [0.717, 1.165) is 24.3 Å². The normalized spacial score (nSPS) is 11.3. The number of nitrogens with one attached hydrogen (secondary N) is 1. The SMILES string of the molecule is CN(C)C(=O)c1ccc(C#CCNS(=O)(=O)c2ccc(OC(F)(F)F)cc2)cc1. The van der Waals surface area contributed by atoms with Crippen molar-refractivity contribution in [1.29, 1.82) is 0 Å². The standard InChI is InChI=1S/C19H17F3N2O4S/c1-24(2)18(25)15-7-5-14(6-8-15)4-3-13-23-29(26,27)17-11-9-16(10-12-17)28-19(20,21)22/h5-12,23H,13H2,1-2H3. The van der Waals surface area contributed by atoms with Crippen molar-refractivity contribution in [3.8, 4) is 17.6 Å². The second-order valence-corrected chi connectivity index (χ2v) is 7.69. The molecule has 0 atom stereocenters. The molecule has 0 saturated carbocycles. The van der Waals surface area contributed by atoms with E-state index in [4.69, 9.17) is 0 Å². The molecular formula is C19H17F3N2O4S. The van der Waals surface area contributed by atoms with Crippen LogP contribution in [0.25, 0.3) is 0 Å². The van der Waals surface area contributed by atoms with Gasteiger partial charge in [-0.25, -0.2) is 8.42 Å². The van der Waals surface area contributed by atoms with Crippen LogP contribution in [0.15, 0.2) is 53.4 Å². The summed E-state index contributed by atoms with van der Waals surface area (Å²) >= 11 is 0. The summed E-state index contributed by atoms with van der Waals surface area (Å²) in [5.74, 6) is 4.71. The van der Waals surface area contributed by atoms with E-state index in [-0.39, 0.29) is 17.3 Å². The summed E-state index contributed by atoms with van der Waals surface area (Å²) in [5.41, 5.74) is 1.09. The van der Waals surface area contributed by atoms with E-state index in [0.29, 0.717) is 11.1 Å². The lowest BCUT2D eigenvalue weighted by molar-refractivity contribution is -0.274. The number of amides is 1. The Balaban J connectivity index is 1.97. The minimum absolute atomic E-state index is 0.149. The molecule has 0 saturated heterocycles. The van der Waals surface area contributed by atoms with Gasteiger partial charge in [0.1, 0.15) is 5.75 Å². The zero-order chi connectivity index (χ0) is 21.7. The molecule has 29 heavy (non-hydrogen) atoms. The van der Waals surface area contributed by atoms with Crippen molar-refractivity contribution in [2.24, 2.45) is 0 Å². The number of hydrogen-bond donors (Lipinski definition) is 1. The maximum absolute atomic E-state index is 12.1. The van der Waals surface area contributed by atoms with Gasteiger partial charge in [-0.05, 0) is 48.5 Å². The number of sulfonamides is 1. The number of ether oxygens (including phenoxy) is 1. The molecule has 154 valence electrons. The van der Waals surface area contributed by atoms with Crippen molar-refractivity contribution in [2.45, 2.75) is 11.3 Å². The molecule has 6 nitrogen and oxygen atoms in total. The molecule has 2 aromatic rings. The van der Waals surface area contributed by atoms with Crippen molar-refractivity contribution < 1.29 is 31.1 Å². The maximum atomic E-state index is 12.1. The van der Waals surface area contributed by atoms with E-state index in [1.165, 1.54) is 4.90 Å². The van der Waals surface area contributed by atoms with Crippen LogP contribution in [0.5, 0.6) is 5.75 Å². The third-order valence-electron chi connectivity index (χ3n) is 3.49. The number of carbonyl (C=O) groups is 1. The molecule has 0 bridgehead atoms. The van der Waals surface area contributed by atoms with Crippen molar-refractivity contribution in [1.82, 2.24) is 9.62 Å². The number of nitrogens with zero attached hydrogens (tertiary/aromatic N) is 1. The number of carbonyl (C=O) groups excluding carboxylic acids is 1. The predicted molar refractivity (Wildman–Crippen MR) is 99.7 cm³/mol. The van der Waals surface area contributed by atoms with Crippen LogP contribution in [0.1, 0.15) is 15.9 Å². The van der Waals surface area contributed by atoms with Crippen LogP contribution in [0.3, 0.4) is 0 Å². The lowest BCUT2D eigenvalue weighted by Crippen LogP contribution is -2.24. The molecule has 0 radical (unpaired) electrons. The Morgan fingerprint density at radius 2 is 1.66 bits per heavy atom. The molecular weight excluding hydrogens is 409 g/mol. The molecule has 0 heterocycles. The largest absolute Gasteiger partial charge is 0.573 e. The molecule has 0 aliphatic heterocycles. The monoisotopic (exact) mass is 426 g/mol. The van der Waals surface area contributed by atoms with Crippen LogP contribution < -0.4 is 9.46 Å². The fraction of sp³-hybridized carbons (Fsp3) is 0.211. The van der Waals surface area contributed by atoms with Crippen LogP contribution >= 0.6 is 0 Å². The average molecular weight is 426 g/mol. The minimum atomic E-state index is -4.85. The lowest BCUT2D eigenvalue weighted by Gasteiger charge is -2.09. The summed E-state index contributed by atoms with van der Waals surface area (Å²) in [6, 6.07) is 10.3. The average Bonchev–Trinajstić information content (AvgIpc) is 2.64. The number of halogens is 3. The Hall–Kier alpha value is -3.03. The number of rotatable bonds is 5. The van der Waals surface area contributed by atoms with Gasteiger partial charge in [0.2, 0.25) is 10.0 Å². The summed E-state index contributed by atoms with van der Waals surface area (Å²) in [6.07, 6.45) is -4.85. The van der Waals surface area contributed by atoms with Crippen molar-refractivity contribution in [2.75, 3.05) is 20.6 Å². The van der Waals surface area contributed by atoms with E-state index in [1.54, 1.807) is 38.4 Å². The molecule has 0 spiro atoms. The van der Waals surface area contributed by atoms with Gasteiger partial charge in [-0.2, -0.15) is 4.72 Å². The molecule has 0 unspecified atom stereocenters. The molecule has 0 aromatic heterocycles. The number of alkyl halides is 3. The van der Waals surface area contributed by atoms with E-state index < -0.39 is 22.1 Å². The van der Waals surface area contributed by atoms with Gasteiger partial charge in [-0.15, -0.1) is 13.2 Å². The maximum Gasteiger partial charge on any atom is 0.573 e. The van der Waals surface area contributed by atoms with Crippen molar-refractivity contribution >= 4 is 15.9 Å². The van der Waals surface area contributed by atoms with Crippen LogP contribution in [0.2, 0.25) is 0 Å². The Kier molecular flexibility index (Phi) is 6.89. The summed E-state index contributed by atoms with van der Waals surface area (Å²) in [5, 5.41) is 0. The summed E-state index contributed by atoms with van der Waals surface area (Å²) in [4.78, 5) is 13.0. The van der Waals surface area contributed by atoms with E-state index in [9.17, 15) is 26.4 Å². The Labute approximate surface area is 166 Å². The van der Waals surface area contributed by atoms with Crippen LogP contribution in [0.4, 0.5) is 13.2 Å². The smallest absolute Gasteiger partial charge is 0.406 e. The fourth-order valence-electron chi connectivity index (χ4n) is 2.14. The van der Waals surface area contributed by atoms with Gasteiger partial charge in [0, 0.05) is 25.2 Å². The summed E-state index contributed by atoms with van der Waals surface area (Å²) in [7, 11) is -0.666. The Morgan fingerprint density at radius 1 is 1.07 bits per heavy atom. The molecule has 1 amide bonds. The van der Waals surface area contributed by atoms with Gasteiger partial charge >= 0.3 is 6.36 Å². The van der Waals surface area contributed by atoms with Crippen LogP contribution in [0, 0.1) is 11.8 Å². The van der Waals surface area contributed by atoms with Gasteiger partial charge in [0.25, 0.3) is 5.91 Å². The van der Waals surface area contributed by atoms with Crippen molar-refractivity contribution in [3.05, 3.63) is 59.7 Å². The van der Waals surface area contributed by atoms with Crippen LogP contribution in [-0.4, -0.2) is 46.2 Å². The Morgan fingerprint density at radius 3 is 2.17 bits per heavy atom. The second kappa shape index (κ2) is 8.98. The second-order valence-electron chi connectivity index (χ2n) is 5.92. The third-order valence-corrected chi connectivity index (χ3v) is 4.91. The van der Waals surface area contributed by atoms with Crippen LogP contribution in [-0.2, 0) is 10.0 Å². The zero-order valence-corrected chi connectivity index (χ0v) is 16.3. The van der Waals surface area contributed by atoms with Gasteiger partial charge in [-0.3, -0.25) is 4.79 Å². The number of benzene rings is 2. The first-order chi connectivity index (χ1) is 13.5. The summed E-state index contributed by atoms with van der Waals surface area (Å²) in [6.45, 7) is -0.207. The fourth-order valence-corrected chi connectivity index (χ4v) is 3.06. The van der Waals surface area contributed by atoms with E-state index >= 15 is 0 Å². The quantitative estimate of drug-likeness (QED) is 0.746. The van der Waals surface area contributed by atoms with Gasteiger partial charge in [-0.1, -0.05) is 11.8 Å². The molecule has 0 aliphatic rings. The Bertz CT molecular complexity index is 1020. The summed E-state index contributed by atoms with van der Waals surface area (Å²) < 4.78 is 66.6. The zero-order valence-electron chi connectivity index (χ0n) is 15.4. The predicted octanol–water partition coefficient (Wildman–Crippen LogP) is 2.62. The first-order valence-corrected chi connectivity index (χ1v) is 9.62. The topological polar surface area (TPSA) is 75.7 Å². The lowest BCUT2D eigenvalue weighted by atomic mass is 10.1. The minimum Gasteiger partial charge on any atom is -0.406 e. The highest BCUT2D eigenvalue weighted by Gasteiger charge is 2.31. The molecule has 0 fully saturated rings.